The van der Waals surface area contributed by atoms with Crippen molar-refractivity contribution in [2.24, 2.45) is 0 Å². The number of fused-ring (bicyclic) bond motifs is 1. The number of thioether (sulfide) groups is 1. The Kier molecular flexibility index (Phi) is 11.9. The Morgan fingerprint density at radius 3 is 2.27 bits per heavy atom. The zero-order valence-corrected chi connectivity index (χ0v) is 28.7. The zero-order chi connectivity index (χ0) is 34.0. The summed E-state index contributed by atoms with van der Waals surface area (Å²) in [6.45, 7) is -0.00790. The van der Waals surface area contributed by atoms with E-state index in [0.29, 0.717) is 49.2 Å². The highest BCUT2D eigenvalue weighted by Gasteiger charge is 2.32. The first-order chi connectivity index (χ1) is 23.9. The molecule has 0 saturated carbocycles. The largest absolute Gasteiger partial charge is 0.397 e. The lowest BCUT2D eigenvalue weighted by Crippen LogP contribution is -2.31. The van der Waals surface area contributed by atoms with E-state index in [0.717, 1.165) is 38.7 Å². The number of ether oxygens (including phenoxy) is 2. The van der Waals surface area contributed by atoms with Crippen LogP contribution in [-0.2, 0) is 25.7 Å². The Bertz CT molecular complexity index is 1810. The zero-order valence-electron chi connectivity index (χ0n) is 27.0. The van der Waals surface area contributed by atoms with Crippen molar-refractivity contribution in [1.29, 1.82) is 0 Å². The number of thiazole rings is 1. The highest BCUT2D eigenvalue weighted by Crippen LogP contribution is 2.40. The highest BCUT2D eigenvalue weighted by atomic mass is 32.2. The van der Waals surface area contributed by atoms with Gasteiger partial charge in [-0.2, -0.15) is 0 Å². The normalized spacial score (nSPS) is 17.5. The minimum absolute atomic E-state index is 0.00790. The van der Waals surface area contributed by atoms with E-state index >= 15 is 0 Å². The number of para-hydroxylation sites is 3. The van der Waals surface area contributed by atoms with Gasteiger partial charge in [-0.3, -0.25) is 9.59 Å². The molecule has 1 aliphatic rings. The molecule has 5 N–H and O–H groups in total. The van der Waals surface area contributed by atoms with E-state index in [1.54, 1.807) is 35.2 Å². The van der Waals surface area contributed by atoms with E-state index in [9.17, 15) is 14.7 Å². The van der Waals surface area contributed by atoms with Crippen molar-refractivity contribution in [3.8, 4) is 0 Å². The number of unbranched alkanes of at least 4 members (excludes halogenated alkanes) is 2. The van der Waals surface area contributed by atoms with Gasteiger partial charge < -0.3 is 30.9 Å². The Morgan fingerprint density at radius 1 is 0.837 bits per heavy atom. The number of benzene rings is 4. The molecule has 1 aliphatic heterocycles. The van der Waals surface area contributed by atoms with Gasteiger partial charge in [0, 0.05) is 36.3 Å². The van der Waals surface area contributed by atoms with Crippen LogP contribution in [0.2, 0.25) is 0 Å². The van der Waals surface area contributed by atoms with Crippen LogP contribution in [0.4, 0.5) is 17.1 Å². The van der Waals surface area contributed by atoms with Crippen LogP contribution < -0.4 is 16.4 Å². The maximum absolute atomic E-state index is 12.6. The minimum atomic E-state index is -0.586. The fourth-order valence-corrected chi connectivity index (χ4v) is 7.73. The third-order valence-electron chi connectivity index (χ3n) is 8.29. The summed E-state index contributed by atoms with van der Waals surface area (Å²) in [6, 6.07) is 30.8. The number of rotatable bonds is 14. The number of nitrogens with zero attached hydrogens (tertiary/aromatic N) is 1. The van der Waals surface area contributed by atoms with Gasteiger partial charge >= 0.3 is 0 Å². The molecule has 1 aromatic heterocycles. The van der Waals surface area contributed by atoms with Gasteiger partial charge in [-0.1, -0.05) is 78.8 Å². The van der Waals surface area contributed by atoms with Crippen LogP contribution in [-0.4, -0.2) is 33.8 Å². The second kappa shape index (κ2) is 16.9. The molecule has 49 heavy (non-hydrogen) atoms. The van der Waals surface area contributed by atoms with E-state index < -0.39 is 6.29 Å². The van der Waals surface area contributed by atoms with Crippen LogP contribution >= 0.6 is 23.1 Å². The fraction of sp³-hybridized carbons (Fsp3) is 0.289. The van der Waals surface area contributed by atoms with Gasteiger partial charge in [-0.05, 0) is 60.4 Å². The summed E-state index contributed by atoms with van der Waals surface area (Å²) in [5.74, 6) is 0.570. The van der Waals surface area contributed by atoms with E-state index in [1.165, 1.54) is 4.70 Å². The van der Waals surface area contributed by atoms with Crippen LogP contribution in [0.15, 0.2) is 101 Å². The summed E-state index contributed by atoms with van der Waals surface area (Å²) >= 11 is 3.38. The second-order valence-electron chi connectivity index (χ2n) is 12.0. The maximum Gasteiger partial charge on any atom is 0.224 e. The van der Waals surface area contributed by atoms with Crippen LogP contribution in [0, 0.1) is 0 Å². The molecular weight excluding hydrogens is 657 g/mol. The average Bonchev–Trinajstić information content (AvgIpc) is 3.55. The molecule has 0 bridgehead atoms. The standard InChI is InChI=1S/C38H40N4O5S2/c39-30-8-4-5-9-31(30)41-36(45)13-3-1-2-12-35(44)40-28-20-18-27(19-21-28)37-46-29(22-33(47-37)26-16-14-25(23-43)15-17-26)24-48-38-42-32-10-6-7-11-34(32)49-38/h4-11,14-21,29,33,37,43H,1-3,12-13,22-24,39H2,(H,40,44)(H,41,45)/t29-,33+,37+/m1/s1. The average molecular weight is 697 g/mol. The van der Waals surface area contributed by atoms with E-state index in [1.807, 2.05) is 78.9 Å². The molecule has 254 valence electrons. The van der Waals surface area contributed by atoms with E-state index in [2.05, 4.69) is 16.7 Å². The Balaban J connectivity index is 1.00. The number of anilines is 3. The molecule has 1 fully saturated rings. The molecule has 0 unspecified atom stereocenters. The molecule has 2 amide bonds. The molecule has 4 aromatic carbocycles. The van der Waals surface area contributed by atoms with Crippen molar-refractivity contribution in [3.05, 3.63) is 114 Å². The topological polar surface area (TPSA) is 136 Å². The van der Waals surface area contributed by atoms with Crippen LogP contribution in [0.1, 0.15) is 67.6 Å². The van der Waals surface area contributed by atoms with Gasteiger partial charge in [-0.15, -0.1) is 11.3 Å². The number of nitrogens with two attached hydrogens (primary N) is 1. The molecule has 2 heterocycles. The Hall–Kier alpha value is -4.26. The second-order valence-corrected chi connectivity index (χ2v) is 14.3. The lowest BCUT2D eigenvalue weighted by molar-refractivity contribution is -0.245. The predicted molar refractivity (Wildman–Crippen MR) is 196 cm³/mol. The lowest BCUT2D eigenvalue weighted by atomic mass is 10.0. The molecule has 0 radical (unpaired) electrons. The molecule has 9 nitrogen and oxygen atoms in total. The maximum atomic E-state index is 12.6. The number of hydrogen-bond acceptors (Lipinski definition) is 9. The molecule has 3 atom stereocenters. The summed E-state index contributed by atoms with van der Waals surface area (Å²) in [5.41, 5.74) is 11.5. The first-order valence-electron chi connectivity index (χ1n) is 16.5. The quantitative estimate of drug-likeness (QED) is 0.0518. The summed E-state index contributed by atoms with van der Waals surface area (Å²) in [7, 11) is 0. The summed E-state index contributed by atoms with van der Waals surface area (Å²) in [4.78, 5) is 29.6. The first-order valence-corrected chi connectivity index (χ1v) is 18.3. The van der Waals surface area contributed by atoms with Gasteiger partial charge in [0.2, 0.25) is 11.8 Å². The van der Waals surface area contributed by atoms with Crippen molar-refractivity contribution in [2.45, 2.75) is 68.0 Å². The number of aliphatic hydroxyl groups excluding tert-OH is 1. The molecule has 11 heteroatoms. The predicted octanol–water partition coefficient (Wildman–Crippen LogP) is 8.24. The lowest BCUT2D eigenvalue weighted by Gasteiger charge is -2.36. The van der Waals surface area contributed by atoms with Crippen molar-refractivity contribution in [3.63, 3.8) is 0 Å². The smallest absolute Gasteiger partial charge is 0.224 e. The SMILES string of the molecule is Nc1ccccc1NC(=O)CCCCCC(=O)Nc1ccc([C@H]2O[C@@H](CSc3nc4ccccc4s3)C[C@@H](c3ccc(CO)cc3)O2)cc1. The van der Waals surface area contributed by atoms with Crippen molar-refractivity contribution in [2.75, 3.05) is 22.1 Å². The number of carbonyl (C=O) groups excluding carboxylic acids is 2. The van der Waals surface area contributed by atoms with Crippen molar-refractivity contribution < 1.29 is 24.2 Å². The van der Waals surface area contributed by atoms with Crippen molar-refractivity contribution >= 4 is 62.2 Å². The summed E-state index contributed by atoms with van der Waals surface area (Å²) < 4.78 is 15.2. The number of aliphatic hydroxyl groups is 1. The molecule has 6 rings (SSSR count). The highest BCUT2D eigenvalue weighted by molar-refractivity contribution is 8.01. The van der Waals surface area contributed by atoms with Gasteiger partial charge in [0.15, 0.2) is 10.6 Å². The van der Waals surface area contributed by atoms with E-state index in [4.69, 9.17) is 20.2 Å². The van der Waals surface area contributed by atoms with Crippen LogP contribution in [0.3, 0.4) is 0 Å². The number of hydrogen-bond donors (Lipinski definition) is 4. The minimum Gasteiger partial charge on any atom is -0.397 e. The third-order valence-corrected chi connectivity index (χ3v) is 10.6. The monoisotopic (exact) mass is 696 g/mol. The molecule has 5 aromatic rings. The van der Waals surface area contributed by atoms with Crippen LogP contribution in [0.5, 0.6) is 0 Å². The number of nitrogen functional groups attached to an aromatic ring is 1. The molecule has 0 spiro atoms. The third kappa shape index (κ3) is 9.68. The van der Waals surface area contributed by atoms with Gasteiger partial charge in [0.25, 0.3) is 0 Å². The Labute approximate surface area is 294 Å². The van der Waals surface area contributed by atoms with Crippen molar-refractivity contribution in [1.82, 2.24) is 4.98 Å². The number of amides is 2. The number of carbonyl (C=O) groups is 2. The van der Waals surface area contributed by atoms with Gasteiger partial charge in [0.05, 0.1) is 40.4 Å². The Morgan fingerprint density at radius 2 is 1.53 bits per heavy atom. The van der Waals surface area contributed by atoms with Gasteiger partial charge in [0.1, 0.15) is 0 Å². The summed E-state index contributed by atoms with van der Waals surface area (Å²) in [6.07, 6.45) is 2.72. The molecule has 1 saturated heterocycles. The number of nitrogens with one attached hydrogen (secondary N) is 2. The number of aromatic nitrogens is 1. The molecule has 0 aliphatic carbocycles. The van der Waals surface area contributed by atoms with E-state index in [-0.39, 0.29) is 30.6 Å². The van der Waals surface area contributed by atoms with Crippen LogP contribution in [0.25, 0.3) is 10.2 Å². The fourth-order valence-electron chi connectivity index (χ4n) is 5.62. The summed E-state index contributed by atoms with van der Waals surface area (Å²) in [5, 5.41) is 15.3. The van der Waals surface area contributed by atoms with Gasteiger partial charge in [-0.25, -0.2) is 4.98 Å². The molecular formula is C38H40N4O5S2. The first kappa shape index (κ1) is 34.6.